The van der Waals surface area contributed by atoms with Crippen molar-refractivity contribution >= 4 is 39.7 Å². The molecular formula is C22H23N5O4S. The number of aromatic nitrogens is 3. The van der Waals surface area contributed by atoms with E-state index in [9.17, 15) is 9.59 Å². The molecule has 1 aromatic carbocycles. The van der Waals surface area contributed by atoms with Crippen LogP contribution in [-0.4, -0.2) is 37.1 Å². The summed E-state index contributed by atoms with van der Waals surface area (Å²) >= 11 is 1.41. The minimum Gasteiger partial charge on any atom is -0.476 e. The average Bonchev–Trinajstić information content (AvgIpc) is 3.32. The summed E-state index contributed by atoms with van der Waals surface area (Å²) in [5, 5.41) is 13.0. The molecule has 4 aromatic rings. The van der Waals surface area contributed by atoms with Crippen molar-refractivity contribution in [1.82, 2.24) is 14.4 Å². The Balaban J connectivity index is 0.000000219. The second-order valence-corrected chi connectivity index (χ2v) is 8.56. The Bertz CT molecular complexity index is 1200. The molecule has 4 rings (SSSR count). The first kappa shape index (κ1) is 22.8. The third kappa shape index (κ3) is 6.05. The van der Waals surface area contributed by atoms with Crippen LogP contribution >= 0.6 is 11.3 Å². The maximum Gasteiger partial charge on any atom is 0.412 e. The van der Waals surface area contributed by atoms with Gasteiger partial charge < -0.3 is 15.6 Å². The number of nitrogens with one attached hydrogen (secondary N) is 1. The number of amides is 1. The highest BCUT2D eigenvalue weighted by molar-refractivity contribution is 7.15. The smallest absolute Gasteiger partial charge is 0.412 e. The normalized spacial score (nSPS) is 10.8. The number of benzene rings is 1. The number of thiazole rings is 1. The number of fused-ring (bicyclic) bond motifs is 1. The number of aromatic carboxylic acids is 1. The topological polar surface area (TPSA) is 132 Å². The second kappa shape index (κ2) is 9.48. The number of imidazole rings is 1. The van der Waals surface area contributed by atoms with Gasteiger partial charge in [-0.1, -0.05) is 6.07 Å². The van der Waals surface area contributed by atoms with E-state index in [4.69, 9.17) is 15.6 Å². The molecule has 9 nitrogen and oxygen atoms in total. The second-order valence-electron chi connectivity index (χ2n) is 7.69. The number of anilines is 2. The molecule has 3 heterocycles. The standard InChI is InChI=1S/C16H19N3O2.C6H4N2O2S/c1-16(2,3)21-15(20)19-14-5-4-12(10-13(14)17)11-6-8-18-9-7-11;9-5(10)4-3-8-1-2-11-6(8)7-4/h4-10H,17H2,1-3H3,(H,19,20);1-3H,(H,9,10). The number of carboxylic acids is 1. The molecule has 4 N–H and O–H groups in total. The lowest BCUT2D eigenvalue weighted by atomic mass is 10.1. The first-order valence-electron chi connectivity index (χ1n) is 9.58. The molecule has 0 atom stereocenters. The lowest BCUT2D eigenvalue weighted by Crippen LogP contribution is -2.27. The van der Waals surface area contributed by atoms with Gasteiger partial charge in [-0.05, 0) is 56.2 Å². The number of rotatable bonds is 3. The number of nitrogens with zero attached hydrogens (tertiary/aromatic N) is 3. The van der Waals surface area contributed by atoms with E-state index in [-0.39, 0.29) is 5.69 Å². The van der Waals surface area contributed by atoms with Gasteiger partial charge in [0.25, 0.3) is 0 Å². The summed E-state index contributed by atoms with van der Waals surface area (Å²) in [6, 6.07) is 9.25. The van der Waals surface area contributed by atoms with E-state index in [1.165, 1.54) is 17.5 Å². The highest BCUT2D eigenvalue weighted by atomic mass is 32.1. The van der Waals surface area contributed by atoms with Gasteiger partial charge in [-0.25, -0.2) is 14.6 Å². The molecule has 0 aliphatic carbocycles. The van der Waals surface area contributed by atoms with E-state index in [2.05, 4.69) is 15.3 Å². The fourth-order valence-electron chi connectivity index (χ4n) is 2.64. The SMILES string of the molecule is CC(C)(C)OC(=O)Nc1ccc(-c2ccncc2)cc1N.O=C(O)c1cn2ccsc2n1. The number of nitrogens with two attached hydrogens (primary N) is 1. The Hall–Kier alpha value is -3.92. The van der Waals surface area contributed by atoms with Gasteiger partial charge in [-0.3, -0.25) is 14.7 Å². The number of nitrogen functional groups attached to an aromatic ring is 1. The zero-order chi connectivity index (χ0) is 23.3. The van der Waals surface area contributed by atoms with Crippen LogP contribution in [0.1, 0.15) is 31.3 Å². The Kier molecular flexibility index (Phi) is 6.74. The summed E-state index contributed by atoms with van der Waals surface area (Å²) in [7, 11) is 0. The molecule has 166 valence electrons. The molecule has 0 bridgehead atoms. The van der Waals surface area contributed by atoms with Crippen molar-refractivity contribution in [3.05, 3.63) is 66.2 Å². The van der Waals surface area contributed by atoms with Crippen LogP contribution in [0.4, 0.5) is 16.2 Å². The molecule has 1 amide bonds. The van der Waals surface area contributed by atoms with Crippen LogP contribution in [0.15, 0.2) is 60.5 Å². The van der Waals surface area contributed by atoms with Crippen molar-refractivity contribution in [2.45, 2.75) is 26.4 Å². The molecule has 0 aliphatic heterocycles. The molecule has 32 heavy (non-hydrogen) atoms. The van der Waals surface area contributed by atoms with Crippen LogP contribution in [-0.2, 0) is 4.74 Å². The molecule has 0 fully saturated rings. The summed E-state index contributed by atoms with van der Waals surface area (Å²) in [6.07, 6.45) is 6.19. The Morgan fingerprint density at radius 2 is 1.88 bits per heavy atom. The van der Waals surface area contributed by atoms with Gasteiger partial charge in [-0.15, -0.1) is 11.3 Å². The van der Waals surface area contributed by atoms with Crippen molar-refractivity contribution in [3.63, 3.8) is 0 Å². The van der Waals surface area contributed by atoms with Crippen molar-refractivity contribution in [2.24, 2.45) is 0 Å². The minimum atomic E-state index is -0.985. The van der Waals surface area contributed by atoms with Gasteiger partial charge in [-0.2, -0.15) is 0 Å². The van der Waals surface area contributed by atoms with Gasteiger partial charge in [0.05, 0.1) is 11.4 Å². The quantitative estimate of drug-likeness (QED) is 0.381. The maximum atomic E-state index is 11.7. The van der Waals surface area contributed by atoms with Crippen molar-refractivity contribution in [1.29, 1.82) is 0 Å². The Morgan fingerprint density at radius 3 is 2.47 bits per heavy atom. The Labute approximate surface area is 188 Å². The fourth-order valence-corrected chi connectivity index (χ4v) is 3.34. The van der Waals surface area contributed by atoms with Gasteiger partial charge in [0.1, 0.15) is 5.60 Å². The predicted molar refractivity (Wildman–Crippen MR) is 124 cm³/mol. The predicted octanol–water partition coefficient (Wildman–Crippen LogP) is 4.77. The highest BCUT2D eigenvalue weighted by Crippen LogP contribution is 2.27. The molecule has 0 spiro atoms. The van der Waals surface area contributed by atoms with Crippen LogP contribution < -0.4 is 11.1 Å². The number of pyridine rings is 1. The molecule has 0 saturated carbocycles. The lowest BCUT2D eigenvalue weighted by Gasteiger charge is -2.20. The summed E-state index contributed by atoms with van der Waals surface area (Å²) in [5.41, 5.74) is 8.52. The lowest BCUT2D eigenvalue weighted by molar-refractivity contribution is 0.0634. The zero-order valence-electron chi connectivity index (χ0n) is 17.8. The van der Waals surface area contributed by atoms with E-state index >= 15 is 0 Å². The van der Waals surface area contributed by atoms with Gasteiger partial charge in [0.2, 0.25) is 0 Å². The van der Waals surface area contributed by atoms with E-state index in [0.29, 0.717) is 16.3 Å². The van der Waals surface area contributed by atoms with E-state index in [1.807, 2.05) is 50.4 Å². The largest absolute Gasteiger partial charge is 0.476 e. The molecule has 10 heteroatoms. The fraction of sp³-hybridized carbons (Fsp3) is 0.182. The van der Waals surface area contributed by atoms with E-state index in [0.717, 1.165) is 11.1 Å². The molecular weight excluding hydrogens is 430 g/mol. The third-order valence-corrected chi connectivity index (χ3v) is 4.78. The highest BCUT2D eigenvalue weighted by Gasteiger charge is 2.17. The van der Waals surface area contributed by atoms with E-state index in [1.54, 1.807) is 29.1 Å². The van der Waals surface area contributed by atoms with Gasteiger partial charge in [0, 0.05) is 30.2 Å². The maximum absolute atomic E-state index is 11.7. The molecule has 0 radical (unpaired) electrons. The number of ether oxygens (including phenoxy) is 1. The number of hydrogen-bond donors (Lipinski definition) is 3. The minimum absolute atomic E-state index is 0.0943. The van der Waals surface area contributed by atoms with Crippen molar-refractivity contribution in [3.8, 4) is 11.1 Å². The number of hydrogen-bond acceptors (Lipinski definition) is 7. The zero-order valence-corrected chi connectivity index (χ0v) is 18.6. The Morgan fingerprint density at radius 1 is 1.16 bits per heavy atom. The van der Waals surface area contributed by atoms with Crippen LogP contribution in [0.5, 0.6) is 0 Å². The first-order valence-corrected chi connectivity index (χ1v) is 10.5. The van der Waals surface area contributed by atoms with Crippen LogP contribution in [0.25, 0.3) is 16.1 Å². The summed E-state index contributed by atoms with van der Waals surface area (Å²) in [6.45, 7) is 5.42. The number of carbonyl (C=O) groups is 2. The summed E-state index contributed by atoms with van der Waals surface area (Å²) < 4.78 is 6.89. The summed E-state index contributed by atoms with van der Waals surface area (Å²) in [5.74, 6) is -0.985. The molecule has 0 saturated heterocycles. The van der Waals surface area contributed by atoms with Gasteiger partial charge >= 0.3 is 12.1 Å². The summed E-state index contributed by atoms with van der Waals surface area (Å²) in [4.78, 5) is 30.7. The van der Waals surface area contributed by atoms with Gasteiger partial charge in [0.15, 0.2) is 10.7 Å². The molecule has 0 aliphatic rings. The average molecular weight is 454 g/mol. The first-order chi connectivity index (χ1) is 15.1. The number of carboxylic acid groups (broad SMARTS) is 1. The van der Waals surface area contributed by atoms with Crippen LogP contribution in [0.2, 0.25) is 0 Å². The van der Waals surface area contributed by atoms with Crippen LogP contribution in [0, 0.1) is 0 Å². The van der Waals surface area contributed by atoms with Crippen molar-refractivity contribution < 1.29 is 19.4 Å². The van der Waals surface area contributed by atoms with Crippen molar-refractivity contribution in [2.75, 3.05) is 11.1 Å². The molecule has 0 unspecified atom stereocenters. The number of carbonyl (C=O) groups excluding carboxylic acids is 1. The van der Waals surface area contributed by atoms with Crippen LogP contribution in [0.3, 0.4) is 0 Å². The third-order valence-electron chi connectivity index (χ3n) is 4.01. The van der Waals surface area contributed by atoms with E-state index < -0.39 is 17.7 Å². The monoisotopic (exact) mass is 453 g/mol. The molecule has 3 aromatic heterocycles.